The third-order valence-electron chi connectivity index (χ3n) is 6.84. The molecule has 0 bridgehead atoms. The van der Waals surface area contributed by atoms with E-state index in [-0.39, 0.29) is 0 Å². The van der Waals surface area contributed by atoms with Crippen molar-refractivity contribution in [1.82, 2.24) is 0 Å². The number of carboxylic acids is 1. The molecule has 0 radical (unpaired) electrons. The smallest absolute Gasteiger partial charge is 0.309 e. The van der Waals surface area contributed by atoms with E-state index < -0.39 is 11.4 Å². The minimum Gasteiger partial charge on any atom is -0.481 e. The predicted octanol–water partition coefficient (Wildman–Crippen LogP) is 4.73. The Bertz CT molecular complexity index is 400. The molecule has 0 aromatic heterocycles. The normalized spacial score (nSPS) is 42.2. The number of hydrogen-bond acceptors (Lipinski definition) is 1. The topological polar surface area (TPSA) is 37.3 Å². The summed E-state index contributed by atoms with van der Waals surface area (Å²) in [4.78, 5) is 11.4. The molecular weight excluding hydrogens is 236 g/mol. The van der Waals surface area contributed by atoms with Crippen LogP contribution in [0, 0.1) is 27.6 Å². The highest BCUT2D eigenvalue weighted by Crippen LogP contribution is 2.87. The Labute approximate surface area is 118 Å². The predicted molar refractivity (Wildman–Crippen MR) is 78.0 cm³/mol. The molecule has 0 saturated heterocycles. The molecule has 0 aromatic rings. The molecule has 2 aliphatic rings. The molecular formula is C17H30O2. The van der Waals surface area contributed by atoms with Crippen LogP contribution in [0.25, 0.3) is 0 Å². The van der Waals surface area contributed by atoms with E-state index in [2.05, 4.69) is 27.7 Å². The molecule has 2 aliphatic carbocycles. The van der Waals surface area contributed by atoms with Gasteiger partial charge in [0.25, 0.3) is 0 Å². The zero-order valence-electron chi connectivity index (χ0n) is 13.5. The van der Waals surface area contributed by atoms with Crippen molar-refractivity contribution < 1.29 is 9.90 Å². The first-order valence-electron chi connectivity index (χ1n) is 7.76. The summed E-state index contributed by atoms with van der Waals surface area (Å²) in [6.07, 6.45) is 5.76. The van der Waals surface area contributed by atoms with Crippen molar-refractivity contribution in [2.75, 3.05) is 0 Å². The molecule has 4 atom stereocenters. The monoisotopic (exact) mass is 266 g/mol. The molecule has 110 valence electrons. The van der Waals surface area contributed by atoms with Crippen molar-refractivity contribution >= 4 is 5.97 Å². The first kappa shape index (κ1) is 14.9. The second-order valence-corrected chi connectivity index (χ2v) is 8.54. The zero-order chi connectivity index (χ0) is 14.7. The zero-order valence-corrected chi connectivity index (χ0v) is 13.5. The fourth-order valence-electron chi connectivity index (χ4n) is 5.08. The van der Waals surface area contributed by atoms with Gasteiger partial charge in [-0.15, -0.1) is 0 Å². The van der Waals surface area contributed by atoms with E-state index in [4.69, 9.17) is 0 Å². The maximum Gasteiger partial charge on any atom is 0.309 e. The van der Waals surface area contributed by atoms with Crippen LogP contribution in [0.5, 0.6) is 0 Å². The summed E-state index contributed by atoms with van der Waals surface area (Å²) in [6, 6.07) is 0. The molecule has 2 rings (SSSR count). The second-order valence-electron chi connectivity index (χ2n) is 8.54. The lowest BCUT2D eigenvalue weighted by Gasteiger charge is -2.56. The van der Waals surface area contributed by atoms with Crippen LogP contribution in [0.4, 0.5) is 0 Å². The van der Waals surface area contributed by atoms with Crippen molar-refractivity contribution in [2.45, 2.75) is 73.6 Å². The van der Waals surface area contributed by atoms with Gasteiger partial charge in [0.1, 0.15) is 0 Å². The molecule has 0 aliphatic heterocycles. The van der Waals surface area contributed by atoms with Gasteiger partial charge in [0, 0.05) is 0 Å². The van der Waals surface area contributed by atoms with Gasteiger partial charge in [0.2, 0.25) is 0 Å². The fraction of sp³-hybridized carbons (Fsp3) is 0.941. The van der Waals surface area contributed by atoms with Gasteiger partial charge in [-0.1, -0.05) is 40.5 Å². The van der Waals surface area contributed by atoms with Gasteiger partial charge in [0.05, 0.1) is 5.41 Å². The van der Waals surface area contributed by atoms with E-state index in [0.29, 0.717) is 22.2 Å². The fourth-order valence-corrected chi connectivity index (χ4v) is 5.08. The molecule has 2 fully saturated rings. The largest absolute Gasteiger partial charge is 0.481 e. The second kappa shape index (κ2) is 3.99. The first-order valence-corrected chi connectivity index (χ1v) is 7.76. The minimum atomic E-state index is -0.653. The summed E-state index contributed by atoms with van der Waals surface area (Å²) in [5, 5.41) is 9.41. The quantitative estimate of drug-likeness (QED) is 0.754. The Morgan fingerprint density at radius 2 is 1.84 bits per heavy atom. The van der Waals surface area contributed by atoms with Crippen molar-refractivity contribution in [2.24, 2.45) is 27.6 Å². The van der Waals surface area contributed by atoms with Gasteiger partial charge < -0.3 is 5.11 Å². The Balaban J connectivity index is 2.16. The van der Waals surface area contributed by atoms with E-state index in [0.717, 1.165) is 12.8 Å². The minimum absolute atomic E-state index is 0.352. The van der Waals surface area contributed by atoms with Crippen molar-refractivity contribution in [3.63, 3.8) is 0 Å². The van der Waals surface area contributed by atoms with Crippen LogP contribution < -0.4 is 0 Å². The molecule has 2 heteroatoms. The molecule has 0 amide bonds. The Hall–Kier alpha value is -0.530. The Kier molecular flexibility index (Phi) is 3.12. The third kappa shape index (κ3) is 1.86. The number of aliphatic carboxylic acids is 1. The average Bonchev–Trinajstić information content (AvgIpc) is 2.73. The van der Waals surface area contributed by atoms with Crippen LogP contribution >= 0.6 is 0 Å². The van der Waals surface area contributed by atoms with Gasteiger partial charge in [-0.2, -0.15) is 0 Å². The maximum atomic E-state index is 11.4. The van der Waals surface area contributed by atoms with E-state index in [1.807, 2.05) is 13.8 Å². The maximum absolute atomic E-state index is 11.4. The molecule has 4 unspecified atom stereocenters. The summed E-state index contributed by atoms with van der Waals surface area (Å²) in [5.74, 6) is -0.107. The van der Waals surface area contributed by atoms with Crippen LogP contribution in [-0.2, 0) is 4.79 Å². The standard InChI is InChI=1S/C17H30O2/c1-7-8-12(9-14(2,3)13(18)19)16(5)10-15(4)11-17(15,16)6/h12H,7-11H2,1-6H3,(H,18,19). The number of fused-ring (bicyclic) bond motifs is 1. The lowest BCUT2D eigenvalue weighted by molar-refractivity contribution is -0.150. The highest BCUT2D eigenvalue weighted by atomic mass is 16.4. The van der Waals surface area contributed by atoms with Crippen LogP contribution in [0.2, 0.25) is 0 Å². The van der Waals surface area contributed by atoms with E-state index in [1.54, 1.807) is 0 Å². The van der Waals surface area contributed by atoms with Gasteiger partial charge in [-0.05, 0) is 55.3 Å². The van der Waals surface area contributed by atoms with Gasteiger partial charge in [-0.25, -0.2) is 0 Å². The van der Waals surface area contributed by atoms with Crippen molar-refractivity contribution in [3.05, 3.63) is 0 Å². The highest BCUT2D eigenvalue weighted by Gasteiger charge is 2.79. The van der Waals surface area contributed by atoms with Crippen LogP contribution in [0.3, 0.4) is 0 Å². The van der Waals surface area contributed by atoms with E-state index in [9.17, 15) is 9.90 Å². The molecule has 1 N–H and O–H groups in total. The summed E-state index contributed by atoms with van der Waals surface area (Å²) >= 11 is 0. The number of carboxylic acid groups (broad SMARTS) is 1. The van der Waals surface area contributed by atoms with Crippen LogP contribution in [0.15, 0.2) is 0 Å². The van der Waals surface area contributed by atoms with Gasteiger partial charge in [0.15, 0.2) is 0 Å². The van der Waals surface area contributed by atoms with Gasteiger partial charge >= 0.3 is 5.97 Å². The SMILES string of the molecule is CCCC(CC(C)(C)C(=O)O)C1(C)CC2(C)CC21C. The Morgan fingerprint density at radius 3 is 2.16 bits per heavy atom. The van der Waals surface area contributed by atoms with Crippen molar-refractivity contribution in [3.8, 4) is 0 Å². The number of rotatable bonds is 6. The van der Waals surface area contributed by atoms with Crippen LogP contribution in [0.1, 0.15) is 73.6 Å². The average molecular weight is 266 g/mol. The third-order valence-corrected chi connectivity index (χ3v) is 6.84. The molecule has 0 aromatic carbocycles. The van der Waals surface area contributed by atoms with Gasteiger partial charge in [-0.3, -0.25) is 4.79 Å². The summed E-state index contributed by atoms with van der Waals surface area (Å²) < 4.78 is 0. The molecule has 19 heavy (non-hydrogen) atoms. The van der Waals surface area contributed by atoms with E-state index >= 15 is 0 Å². The van der Waals surface area contributed by atoms with Crippen LogP contribution in [-0.4, -0.2) is 11.1 Å². The highest BCUT2D eigenvalue weighted by molar-refractivity contribution is 5.73. The lowest BCUT2D eigenvalue weighted by Crippen LogP contribution is -2.49. The molecule has 2 nitrogen and oxygen atoms in total. The molecule has 0 spiro atoms. The Morgan fingerprint density at radius 1 is 1.26 bits per heavy atom. The summed E-state index contributed by atoms with van der Waals surface area (Å²) in [5.41, 5.74) is 0.778. The lowest BCUT2D eigenvalue weighted by atomic mass is 9.48. The summed E-state index contributed by atoms with van der Waals surface area (Å²) in [7, 11) is 0. The van der Waals surface area contributed by atoms with E-state index in [1.165, 1.54) is 19.3 Å². The molecule has 2 saturated carbocycles. The summed E-state index contributed by atoms with van der Waals surface area (Å²) in [6.45, 7) is 13.2. The number of carbonyl (C=O) groups is 1. The van der Waals surface area contributed by atoms with Crippen molar-refractivity contribution in [1.29, 1.82) is 0 Å². The molecule has 0 heterocycles. The number of hydrogen-bond donors (Lipinski definition) is 1. The first-order chi connectivity index (χ1) is 8.52.